The summed E-state index contributed by atoms with van der Waals surface area (Å²) < 4.78 is 40.1. The van der Waals surface area contributed by atoms with Gasteiger partial charge >= 0.3 is 6.18 Å². The van der Waals surface area contributed by atoms with E-state index in [4.69, 9.17) is 5.73 Å². The average Bonchev–Trinajstić information content (AvgIpc) is 3.24. The van der Waals surface area contributed by atoms with Gasteiger partial charge in [0, 0.05) is 16.5 Å². The molecule has 1 saturated carbocycles. The highest BCUT2D eigenvalue weighted by atomic mass is 32.1. The molecule has 0 atom stereocenters. The third-order valence-corrected chi connectivity index (χ3v) is 6.27. The largest absolute Gasteiger partial charge is 0.435 e. The standard InChI is InChI=1S/C18H19F3N4O2S/c19-18(20,21)13-7-11(9-5-6-9)25(24-13)8-14(26)23-17-15(16(22)27)10-3-1-2-4-12(10)28-17/h7,9H,1-6,8H2,(H2,22,27)(H,23,26). The summed E-state index contributed by atoms with van der Waals surface area (Å²) in [4.78, 5) is 25.5. The molecule has 28 heavy (non-hydrogen) atoms. The van der Waals surface area contributed by atoms with Crippen molar-refractivity contribution in [3.8, 4) is 0 Å². The molecular formula is C18H19F3N4O2S. The number of hydrogen-bond acceptors (Lipinski definition) is 4. The van der Waals surface area contributed by atoms with Crippen LogP contribution in [-0.2, 0) is 30.4 Å². The molecule has 2 aromatic rings. The van der Waals surface area contributed by atoms with Crippen molar-refractivity contribution in [2.75, 3.05) is 5.32 Å². The minimum atomic E-state index is -4.56. The molecule has 2 aromatic heterocycles. The van der Waals surface area contributed by atoms with Gasteiger partial charge in [-0.2, -0.15) is 18.3 Å². The lowest BCUT2D eigenvalue weighted by Crippen LogP contribution is -2.23. The zero-order chi connectivity index (χ0) is 20.1. The second-order valence-electron chi connectivity index (χ2n) is 7.21. The van der Waals surface area contributed by atoms with E-state index in [1.807, 2.05) is 0 Å². The molecule has 0 spiro atoms. The van der Waals surface area contributed by atoms with Crippen LogP contribution in [0.25, 0.3) is 0 Å². The van der Waals surface area contributed by atoms with Crippen LogP contribution in [0, 0.1) is 0 Å². The van der Waals surface area contributed by atoms with Gasteiger partial charge in [0.25, 0.3) is 5.91 Å². The van der Waals surface area contributed by atoms with Gasteiger partial charge in [-0.05, 0) is 50.2 Å². The number of amides is 2. The van der Waals surface area contributed by atoms with Crippen LogP contribution in [0.5, 0.6) is 0 Å². The summed E-state index contributed by atoms with van der Waals surface area (Å²) in [6.45, 7) is -0.345. The zero-order valence-electron chi connectivity index (χ0n) is 14.9. The molecule has 1 fully saturated rings. The molecule has 0 aliphatic heterocycles. The highest BCUT2D eigenvalue weighted by Gasteiger charge is 2.38. The first kappa shape index (κ1) is 19.0. The first-order chi connectivity index (χ1) is 13.2. The fourth-order valence-corrected chi connectivity index (χ4v) is 4.93. The number of thiophene rings is 1. The van der Waals surface area contributed by atoms with E-state index in [1.165, 1.54) is 11.3 Å². The summed E-state index contributed by atoms with van der Waals surface area (Å²) in [5, 5.41) is 6.63. The number of nitrogens with zero attached hydrogens (tertiary/aromatic N) is 2. The molecule has 6 nitrogen and oxygen atoms in total. The monoisotopic (exact) mass is 412 g/mol. The van der Waals surface area contributed by atoms with E-state index in [-0.39, 0.29) is 12.5 Å². The molecule has 3 N–H and O–H groups in total. The number of aromatic nitrogens is 2. The average molecular weight is 412 g/mol. The first-order valence-electron chi connectivity index (χ1n) is 9.13. The lowest BCUT2D eigenvalue weighted by molar-refractivity contribution is -0.141. The van der Waals surface area contributed by atoms with Gasteiger partial charge in [-0.1, -0.05) is 0 Å². The van der Waals surface area contributed by atoms with Gasteiger partial charge < -0.3 is 11.1 Å². The maximum Gasteiger partial charge on any atom is 0.435 e. The third-order valence-electron chi connectivity index (χ3n) is 5.06. The van der Waals surface area contributed by atoms with E-state index >= 15 is 0 Å². The van der Waals surface area contributed by atoms with E-state index in [0.29, 0.717) is 16.3 Å². The van der Waals surface area contributed by atoms with E-state index < -0.39 is 23.7 Å². The van der Waals surface area contributed by atoms with E-state index in [2.05, 4.69) is 10.4 Å². The summed E-state index contributed by atoms with van der Waals surface area (Å²) in [7, 11) is 0. The second-order valence-corrected chi connectivity index (χ2v) is 8.32. The van der Waals surface area contributed by atoms with Crippen LogP contribution in [0.3, 0.4) is 0 Å². The molecule has 0 radical (unpaired) electrons. The number of hydrogen-bond donors (Lipinski definition) is 2. The summed E-state index contributed by atoms with van der Waals surface area (Å²) in [5.41, 5.74) is 6.15. The number of fused-ring (bicyclic) bond motifs is 1. The van der Waals surface area contributed by atoms with E-state index in [1.54, 1.807) is 0 Å². The highest BCUT2D eigenvalue weighted by molar-refractivity contribution is 7.17. The Morgan fingerprint density at radius 1 is 1.29 bits per heavy atom. The lowest BCUT2D eigenvalue weighted by Gasteiger charge is -2.11. The van der Waals surface area contributed by atoms with Gasteiger partial charge in [-0.25, -0.2) is 0 Å². The molecule has 2 amide bonds. The van der Waals surface area contributed by atoms with Crippen LogP contribution in [0.15, 0.2) is 6.07 Å². The van der Waals surface area contributed by atoms with Gasteiger partial charge in [-0.15, -0.1) is 11.3 Å². The molecule has 0 saturated heterocycles. The Balaban J connectivity index is 1.57. The molecule has 10 heteroatoms. The molecule has 2 aliphatic rings. The summed E-state index contributed by atoms with van der Waals surface area (Å²) >= 11 is 1.32. The number of halogens is 3. The Morgan fingerprint density at radius 2 is 2.00 bits per heavy atom. The summed E-state index contributed by atoms with van der Waals surface area (Å²) in [5.74, 6) is -1.13. The van der Waals surface area contributed by atoms with Gasteiger partial charge in [0.05, 0.1) is 5.56 Å². The quantitative estimate of drug-likeness (QED) is 0.788. The van der Waals surface area contributed by atoms with E-state index in [0.717, 1.165) is 59.7 Å². The van der Waals surface area contributed by atoms with Crippen molar-refractivity contribution in [1.82, 2.24) is 9.78 Å². The Hall–Kier alpha value is -2.36. The van der Waals surface area contributed by atoms with Crippen LogP contribution < -0.4 is 11.1 Å². The number of aryl methyl sites for hydroxylation is 1. The lowest BCUT2D eigenvalue weighted by atomic mass is 9.95. The van der Waals surface area contributed by atoms with Crippen molar-refractivity contribution >= 4 is 28.2 Å². The van der Waals surface area contributed by atoms with Crippen molar-refractivity contribution in [2.45, 2.75) is 57.2 Å². The number of carbonyl (C=O) groups is 2. The molecule has 2 heterocycles. The number of nitrogens with two attached hydrogens (primary N) is 1. The molecule has 4 rings (SSSR count). The van der Waals surface area contributed by atoms with Crippen LogP contribution in [0.2, 0.25) is 0 Å². The van der Waals surface area contributed by atoms with Crippen molar-refractivity contribution in [1.29, 1.82) is 0 Å². The summed E-state index contributed by atoms with van der Waals surface area (Å²) in [6.07, 6.45) is 0.544. The summed E-state index contributed by atoms with van der Waals surface area (Å²) in [6, 6.07) is 1.02. The fraction of sp³-hybridized carbons (Fsp3) is 0.500. The van der Waals surface area contributed by atoms with Gasteiger partial charge in [0.2, 0.25) is 5.91 Å². The fourth-order valence-electron chi connectivity index (χ4n) is 3.62. The topological polar surface area (TPSA) is 90.0 Å². The number of primary amides is 1. The number of nitrogens with one attached hydrogen (secondary N) is 1. The Bertz CT molecular complexity index is 944. The highest BCUT2D eigenvalue weighted by Crippen LogP contribution is 2.42. The molecule has 0 aromatic carbocycles. The van der Waals surface area contributed by atoms with Crippen molar-refractivity contribution in [3.05, 3.63) is 33.5 Å². The Morgan fingerprint density at radius 3 is 2.64 bits per heavy atom. The van der Waals surface area contributed by atoms with Gasteiger partial charge in [0.1, 0.15) is 11.5 Å². The minimum Gasteiger partial charge on any atom is -0.365 e. The molecule has 0 bridgehead atoms. The number of rotatable bonds is 5. The Kier molecular flexibility index (Phi) is 4.68. The van der Waals surface area contributed by atoms with Crippen molar-refractivity contribution < 1.29 is 22.8 Å². The first-order valence-corrected chi connectivity index (χ1v) is 9.95. The molecular weight excluding hydrogens is 393 g/mol. The number of alkyl halides is 3. The molecule has 2 aliphatic carbocycles. The van der Waals surface area contributed by atoms with Gasteiger partial charge in [-0.3, -0.25) is 14.3 Å². The van der Waals surface area contributed by atoms with Crippen molar-refractivity contribution in [2.24, 2.45) is 5.73 Å². The van der Waals surface area contributed by atoms with Crippen LogP contribution in [0.1, 0.15) is 63.8 Å². The maximum absolute atomic E-state index is 13.0. The zero-order valence-corrected chi connectivity index (χ0v) is 15.8. The van der Waals surface area contributed by atoms with Crippen LogP contribution in [0.4, 0.5) is 18.2 Å². The predicted octanol–water partition coefficient (Wildman–Crippen LogP) is 3.46. The molecule has 0 unspecified atom stereocenters. The van der Waals surface area contributed by atoms with Crippen LogP contribution in [-0.4, -0.2) is 21.6 Å². The number of anilines is 1. The van der Waals surface area contributed by atoms with E-state index in [9.17, 15) is 22.8 Å². The van der Waals surface area contributed by atoms with Crippen LogP contribution >= 0.6 is 11.3 Å². The normalized spacial score (nSPS) is 16.7. The smallest absolute Gasteiger partial charge is 0.365 e. The number of carbonyl (C=O) groups excluding carboxylic acids is 2. The maximum atomic E-state index is 13.0. The second kappa shape index (κ2) is 6.91. The Labute approximate surface area is 162 Å². The minimum absolute atomic E-state index is 0.00614. The predicted molar refractivity (Wildman–Crippen MR) is 97.3 cm³/mol. The molecule has 150 valence electrons. The van der Waals surface area contributed by atoms with Gasteiger partial charge in [0.15, 0.2) is 5.69 Å². The van der Waals surface area contributed by atoms with Crippen molar-refractivity contribution in [3.63, 3.8) is 0 Å². The SMILES string of the molecule is NC(=O)c1c(NC(=O)Cn2nc(C(F)(F)F)cc2C2CC2)sc2c1CCCC2. The third kappa shape index (κ3) is 3.65.